The standard InChI is InChI=1S/C16H20N6OS/c1-20-5-4-17-14(20)11-21-6-8-22(9-7-21)12-15-18-16(19-23-15)13-3-2-10-24-13/h2-5,10H,6-9,11-12H2,1H3. The van der Waals surface area contributed by atoms with Gasteiger partial charge in [0.25, 0.3) is 0 Å². The Kier molecular flexibility index (Phi) is 4.42. The first-order valence-electron chi connectivity index (χ1n) is 8.05. The Labute approximate surface area is 144 Å². The van der Waals surface area contributed by atoms with E-state index < -0.39 is 0 Å². The Hall–Kier alpha value is -2.03. The number of imidazole rings is 1. The molecule has 1 fully saturated rings. The smallest absolute Gasteiger partial charge is 0.241 e. The van der Waals surface area contributed by atoms with Gasteiger partial charge >= 0.3 is 0 Å². The first kappa shape index (κ1) is 15.5. The molecule has 0 saturated carbocycles. The van der Waals surface area contributed by atoms with E-state index in [2.05, 4.69) is 29.5 Å². The van der Waals surface area contributed by atoms with Crippen LogP contribution in [0.4, 0.5) is 0 Å². The molecular weight excluding hydrogens is 324 g/mol. The second kappa shape index (κ2) is 6.84. The molecule has 1 saturated heterocycles. The molecular formula is C16H20N6OS. The lowest BCUT2D eigenvalue weighted by Crippen LogP contribution is -2.45. The maximum absolute atomic E-state index is 5.40. The zero-order chi connectivity index (χ0) is 16.4. The lowest BCUT2D eigenvalue weighted by Gasteiger charge is -2.33. The molecule has 1 aliphatic rings. The summed E-state index contributed by atoms with van der Waals surface area (Å²) < 4.78 is 7.48. The number of hydrogen-bond acceptors (Lipinski definition) is 7. The number of aryl methyl sites for hydroxylation is 1. The number of piperazine rings is 1. The van der Waals surface area contributed by atoms with E-state index in [0.29, 0.717) is 18.3 Å². The molecule has 0 N–H and O–H groups in total. The molecule has 0 amide bonds. The van der Waals surface area contributed by atoms with Gasteiger partial charge in [0.05, 0.1) is 18.0 Å². The van der Waals surface area contributed by atoms with E-state index >= 15 is 0 Å². The number of nitrogens with zero attached hydrogens (tertiary/aromatic N) is 6. The molecule has 0 radical (unpaired) electrons. The minimum absolute atomic E-state index is 0.688. The Morgan fingerprint density at radius 3 is 2.62 bits per heavy atom. The minimum Gasteiger partial charge on any atom is -0.338 e. The third kappa shape index (κ3) is 3.40. The zero-order valence-electron chi connectivity index (χ0n) is 13.6. The Balaban J connectivity index is 1.30. The molecule has 0 aromatic carbocycles. The number of thiophene rings is 1. The van der Waals surface area contributed by atoms with Crippen molar-refractivity contribution in [2.45, 2.75) is 13.1 Å². The van der Waals surface area contributed by atoms with E-state index in [-0.39, 0.29) is 0 Å². The maximum Gasteiger partial charge on any atom is 0.241 e. The van der Waals surface area contributed by atoms with Gasteiger partial charge in [-0.2, -0.15) is 4.98 Å². The highest BCUT2D eigenvalue weighted by Crippen LogP contribution is 2.21. The second-order valence-corrected chi connectivity index (χ2v) is 6.94. The van der Waals surface area contributed by atoms with Crippen molar-refractivity contribution in [3.05, 3.63) is 41.6 Å². The molecule has 8 heteroatoms. The predicted octanol–water partition coefficient (Wildman–Crippen LogP) is 1.85. The molecule has 0 bridgehead atoms. The highest BCUT2D eigenvalue weighted by molar-refractivity contribution is 7.13. The molecule has 3 aromatic rings. The van der Waals surface area contributed by atoms with Gasteiger partial charge in [-0.3, -0.25) is 9.80 Å². The SMILES string of the molecule is Cn1ccnc1CN1CCN(Cc2nc(-c3cccs3)no2)CC1. The van der Waals surface area contributed by atoms with Crippen LogP contribution in [0.1, 0.15) is 11.7 Å². The number of aromatic nitrogens is 4. The van der Waals surface area contributed by atoms with Gasteiger partial charge in [-0.25, -0.2) is 4.98 Å². The van der Waals surface area contributed by atoms with Crippen LogP contribution in [0.3, 0.4) is 0 Å². The Morgan fingerprint density at radius 1 is 1.17 bits per heavy atom. The fraction of sp³-hybridized carbons (Fsp3) is 0.438. The van der Waals surface area contributed by atoms with Gasteiger partial charge in [0.2, 0.25) is 11.7 Å². The van der Waals surface area contributed by atoms with Crippen molar-refractivity contribution in [1.29, 1.82) is 0 Å². The van der Waals surface area contributed by atoms with E-state index in [4.69, 9.17) is 4.52 Å². The van der Waals surface area contributed by atoms with E-state index in [1.165, 1.54) is 0 Å². The van der Waals surface area contributed by atoms with Crippen LogP contribution in [0.15, 0.2) is 34.4 Å². The Morgan fingerprint density at radius 2 is 1.96 bits per heavy atom. The summed E-state index contributed by atoms with van der Waals surface area (Å²) in [7, 11) is 2.04. The van der Waals surface area contributed by atoms with Gasteiger partial charge in [-0.05, 0) is 11.4 Å². The van der Waals surface area contributed by atoms with Crippen LogP contribution < -0.4 is 0 Å². The first-order valence-corrected chi connectivity index (χ1v) is 8.93. The third-order valence-electron chi connectivity index (χ3n) is 4.32. The summed E-state index contributed by atoms with van der Waals surface area (Å²) in [6.07, 6.45) is 3.85. The molecule has 0 aliphatic carbocycles. The highest BCUT2D eigenvalue weighted by atomic mass is 32.1. The second-order valence-electron chi connectivity index (χ2n) is 6.00. The van der Waals surface area contributed by atoms with Gasteiger partial charge < -0.3 is 9.09 Å². The molecule has 7 nitrogen and oxygen atoms in total. The monoisotopic (exact) mass is 344 g/mol. The van der Waals surface area contributed by atoms with Crippen molar-refractivity contribution in [2.75, 3.05) is 26.2 Å². The van der Waals surface area contributed by atoms with Crippen molar-refractivity contribution in [1.82, 2.24) is 29.5 Å². The van der Waals surface area contributed by atoms with Crippen LogP contribution in [0, 0.1) is 0 Å². The summed E-state index contributed by atoms with van der Waals surface area (Å²) in [5.41, 5.74) is 0. The molecule has 0 unspecified atom stereocenters. The fourth-order valence-electron chi connectivity index (χ4n) is 2.87. The van der Waals surface area contributed by atoms with E-state index in [0.717, 1.165) is 43.4 Å². The molecule has 0 atom stereocenters. The van der Waals surface area contributed by atoms with Crippen LogP contribution in [-0.4, -0.2) is 55.7 Å². The molecule has 1 aliphatic heterocycles. The number of rotatable bonds is 5. The summed E-state index contributed by atoms with van der Waals surface area (Å²) in [6, 6.07) is 4.01. The lowest BCUT2D eigenvalue weighted by atomic mass is 10.3. The molecule has 126 valence electrons. The molecule has 24 heavy (non-hydrogen) atoms. The van der Waals surface area contributed by atoms with Crippen molar-refractivity contribution in [3.63, 3.8) is 0 Å². The van der Waals surface area contributed by atoms with E-state index in [1.54, 1.807) is 11.3 Å². The summed E-state index contributed by atoms with van der Waals surface area (Å²) in [5.74, 6) is 2.49. The average Bonchev–Trinajstić information content (AvgIpc) is 3.32. The van der Waals surface area contributed by atoms with Crippen molar-refractivity contribution < 1.29 is 4.52 Å². The van der Waals surface area contributed by atoms with Crippen LogP contribution in [-0.2, 0) is 20.1 Å². The topological polar surface area (TPSA) is 63.2 Å². The largest absolute Gasteiger partial charge is 0.338 e. The zero-order valence-corrected chi connectivity index (χ0v) is 14.4. The van der Waals surface area contributed by atoms with Crippen molar-refractivity contribution in [3.8, 4) is 10.7 Å². The fourth-order valence-corrected chi connectivity index (χ4v) is 3.52. The van der Waals surface area contributed by atoms with Gasteiger partial charge in [-0.15, -0.1) is 11.3 Å². The van der Waals surface area contributed by atoms with Gasteiger partial charge in [-0.1, -0.05) is 11.2 Å². The van der Waals surface area contributed by atoms with Crippen molar-refractivity contribution >= 4 is 11.3 Å². The Bertz CT molecular complexity index is 772. The van der Waals surface area contributed by atoms with Crippen LogP contribution in [0.5, 0.6) is 0 Å². The van der Waals surface area contributed by atoms with Gasteiger partial charge in [0.15, 0.2) is 0 Å². The lowest BCUT2D eigenvalue weighted by molar-refractivity contribution is 0.109. The third-order valence-corrected chi connectivity index (χ3v) is 5.19. The quantitative estimate of drug-likeness (QED) is 0.704. The summed E-state index contributed by atoms with van der Waals surface area (Å²) in [4.78, 5) is 14.7. The molecule has 0 spiro atoms. The minimum atomic E-state index is 0.688. The summed E-state index contributed by atoms with van der Waals surface area (Å²) in [5, 5.41) is 6.09. The maximum atomic E-state index is 5.40. The summed E-state index contributed by atoms with van der Waals surface area (Å²) >= 11 is 1.63. The van der Waals surface area contributed by atoms with Crippen LogP contribution in [0.2, 0.25) is 0 Å². The summed E-state index contributed by atoms with van der Waals surface area (Å²) in [6.45, 7) is 5.68. The van der Waals surface area contributed by atoms with Crippen molar-refractivity contribution in [2.24, 2.45) is 7.05 Å². The normalized spacial score (nSPS) is 16.7. The van der Waals surface area contributed by atoms with Crippen LogP contribution >= 0.6 is 11.3 Å². The highest BCUT2D eigenvalue weighted by Gasteiger charge is 2.20. The van der Waals surface area contributed by atoms with Gasteiger partial charge in [0, 0.05) is 45.6 Å². The first-order chi connectivity index (χ1) is 11.8. The van der Waals surface area contributed by atoms with E-state index in [1.807, 2.05) is 37.0 Å². The van der Waals surface area contributed by atoms with Crippen LogP contribution in [0.25, 0.3) is 10.7 Å². The molecule has 4 rings (SSSR count). The predicted molar refractivity (Wildman–Crippen MR) is 91.4 cm³/mol. The molecule has 3 aromatic heterocycles. The number of hydrogen-bond donors (Lipinski definition) is 0. The van der Waals surface area contributed by atoms with E-state index in [9.17, 15) is 0 Å². The average molecular weight is 344 g/mol. The molecule has 4 heterocycles. The van der Waals surface area contributed by atoms with Gasteiger partial charge in [0.1, 0.15) is 5.82 Å².